The summed E-state index contributed by atoms with van der Waals surface area (Å²) in [6, 6.07) is 10.8. The van der Waals surface area contributed by atoms with E-state index in [0.717, 1.165) is 17.2 Å². The number of nitrogens with zero attached hydrogens (tertiary/aromatic N) is 1. The summed E-state index contributed by atoms with van der Waals surface area (Å²) in [4.78, 5) is 14.3. The van der Waals surface area contributed by atoms with E-state index in [1.807, 2.05) is 31.2 Å². The minimum Gasteiger partial charge on any atom is -0.483 e. The number of hydrogen-bond acceptors (Lipinski definition) is 4. The fraction of sp³-hybridized carbons (Fsp3) is 0.421. The van der Waals surface area contributed by atoms with Crippen LogP contribution in [0.2, 0.25) is 5.02 Å². The Balaban J connectivity index is 1.74. The first kappa shape index (κ1) is 19.0. The van der Waals surface area contributed by atoms with Crippen molar-refractivity contribution >= 4 is 38.1 Å². The van der Waals surface area contributed by atoms with Gasteiger partial charge in [0, 0.05) is 28.4 Å². The molecule has 0 N–H and O–H groups in total. The lowest BCUT2D eigenvalue weighted by Gasteiger charge is -2.28. The molecule has 1 saturated heterocycles. The van der Waals surface area contributed by atoms with Gasteiger partial charge >= 0.3 is 0 Å². The first-order valence-electron chi connectivity index (χ1n) is 8.71. The Morgan fingerprint density at radius 2 is 1.96 bits per heavy atom. The summed E-state index contributed by atoms with van der Waals surface area (Å²) in [6.07, 6.45) is 1.27. The van der Waals surface area contributed by atoms with Gasteiger partial charge in [0.2, 0.25) is 0 Å². The summed E-state index contributed by atoms with van der Waals surface area (Å²) in [5.74, 6) is 0.595. The number of ether oxygens (including phenoxy) is 1. The van der Waals surface area contributed by atoms with Gasteiger partial charge in [-0.25, -0.2) is 8.42 Å². The van der Waals surface area contributed by atoms with Crippen molar-refractivity contribution in [2.75, 3.05) is 24.7 Å². The summed E-state index contributed by atoms with van der Waals surface area (Å²) >= 11 is 6.21. The molecule has 2 aromatic rings. The number of carbonyl (C=O) groups excluding carboxylic acids is 1. The van der Waals surface area contributed by atoms with Crippen LogP contribution in [-0.2, 0) is 14.6 Å². The third-order valence-corrected chi connectivity index (χ3v) is 6.70. The van der Waals surface area contributed by atoms with Gasteiger partial charge in [0.1, 0.15) is 5.75 Å². The predicted molar refractivity (Wildman–Crippen MR) is 104 cm³/mol. The normalized spacial score (nSPS) is 18.8. The van der Waals surface area contributed by atoms with Gasteiger partial charge in [0.15, 0.2) is 16.4 Å². The molecule has 0 aliphatic carbocycles. The molecule has 140 valence electrons. The van der Waals surface area contributed by atoms with Crippen molar-refractivity contribution in [3.63, 3.8) is 0 Å². The molecule has 0 bridgehead atoms. The van der Waals surface area contributed by atoms with Crippen LogP contribution in [0.1, 0.15) is 19.8 Å². The van der Waals surface area contributed by atoms with E-state index in [4.69, 9.17) is 16.3 Å². The molecule has 1 atom stereocenters. The lowest BCUT2D eigenvalue weighted by atomic mass is 10.1. The molecule has 0 unspecified atom stereocenters. The van der Waals surface area contributed by atoms with Gasteiger partial charge in [-0.1, -0.05) is 42.8 Å². The zero-order valence-electron chi connectivity index (χ0n) is 14.7. The van der Waals surface area contributed by atoms with Crippen LogP contribution < -0.4 is 4.74 Å². The highest BCUT2D eigenvalue weighted by molar-refractivity contribution is 7.91. The number of carbonyl (C=O) groups is 1. The van der Waals surface area contributed by atoms with E-state index in [2.05, 4.69) is 0 Å². The Morgan fingerprint density at radius 1 is 1.23 bits per heavy atom. The van der Waals surface area contributed by atoms with E-state index in [1.54, 1.807) is 17.0 Å². The maximum atomic E-state index is 12.7. The summed E-state index contributed by atoms with van der Waals surface area (Å²) in [5, 5.41) is 2.34. The molecule has 2 aromatic carbocycles. The third kappa shape index (κ3) is 4.13. The number of benzene rings is 2. The Morgan fingerprint density at radius 3 is 2.62 bits per heavy atom. The van der Waals surface area contributed by atoms with E-state index in [0.29, 0.717) is 23.7 Å². The van der Waals surface area contributed by atoms with Crippen LogP contribution in [0.3, 0.4) is 0 Å². The van der Waals surface area contributed by atoms with Crippen LogP contribution in [0, 0.1) is 0 Å². The SMILES string of the molecule is CCCN(C(=O)COc1ccc(Cl)c2ccccc12)[C@@H]1CCS(=O)(=O)C1. The number of sulfone groups is 1. The van der Waals surface area contributed by atoms with E-state index >= 15 is 0 Å². The van der Waals surface area contributed by atoms with Gasteiger partial charge in [0.05, 0.1) is 11.5 Å². The zero-order chi connectivity index (χ0) is 18.7. The standard InChI is InChI=1S/C19H22ClNO4S/c1-2-10-21(14-9-11-26(23,24)13-14)19(22)12-25-18-8-7-17(20)15-5-3-4-6-16(15)18/h3-8,14H,2,9-13H2,1H3/t14-/m1/s1. The molecule has 0 saturated carbocycles. The average Bonchev–Trinajstić information content (AvgIpc) is 2.98. The fourth-order valence-electron chi connectivity index (χ4n) is 3.36. The molecule has 0 spiro atoms. The molecule has 1 amide bonds. The summed E-state index contributed by atoms with van der Waals surface area (Å²) in [5.41, 5.74) is 0. The van der Waals surface area contributed by atoms with Gasteiger partial charge in [-0.05, 0) is 25.0 Å². The van der Waals surface area contributed by atoms with Crippen molar-refractivity contribution in [1.29, 1.82) is 0 Å². The first-order chi connectivity index (χ1) is 12.4. The van der Waals surface area contributed by atoms with E-state index in [9.17, 15) is 13.2 Å². The van der Waals surface area contributed by atoms with Crippen molar-refractivity contribution in [3.8, 4) is 5.75 Å². The van der Waals surface area contributed by atoms with Gasteiger partial charge in [-0.15, -0.1) is 0 Å². The lowest BCUT2D eigenvalue weighted by molar-refractivity contribution is -0.135. The van der Waals surface area contributed by atoms with Crippen LogP contribution in [-0.4, -0.2) is 49.9 Å². The molecule has 0 radical (unpaired) electrons. The van der Waals surface area contributed by atoms with Crippen LogP contribution >= 0.6 is 11.6 Å². The van der Waals surface area contributed by atoms with Gasteiger partial charge in [-0.2, -0.15) is 0 Å². The highest BCUT2D eigenvalue weighted by Gasteiger charge is 2.34. The summed E-state index contributed by atoms with van der Waals surface area (Å²) in [7, 11) is -3.04. The molecular formula is C19H22ClNO4S. The monoisotopic (exact) mass is 395 g/mol. The quantitative estimate of drug-likeness (QED) is 0.752. The Hall–Kier alpha value is -1.79. The van der Waals surface area contributed by atoms with Crippen molar-refractivity contribution < 1.29 is 17.9 Å². The second kappa shape index (κ2) is 7.84. The van der Waals surface area contributed by atoms with Gasteiger partial charge in [-0.3, -0.25) is 4.79 Å². The molecule has 26 heavy (non-hydrogen) atoms. The van der Waals surface area contributed by atoms with Crippen LogP contribution in [0.25, 0.3) is 10.8 Å². The van der Waals surface area contributed by atoms with Gasteiger partial charge in [0.25, 0.3) is 5.91 Å². The summed E-state index contributed by atoms with van der Waals surface area (Å²) in [6.45, 7) is 2.38. The van der Waals surface area contributed by atoms with Crippen molar-refractivity contribution in [2.45, 2.75) is 25.8 Å². The number of rotatable bonds is 6. The Kier molecular flexibility index (Phi) is 5.73. The number of hydrogen-bond donors (Lipinski definition) is 0. The molecule has 0 aromatic heterocycles. The highest BCUT2D eigenvalue weighted by Crippen LogP contribution is 2.31. The first-order valence-corrected chi connectivity index (χ1v) is 10.9. The van der Waals surface area contributed by atoms with E-state index in [-0.39, 0.29) is 30.1 Å². The highest BCUT2D eigenvalue weighted by atomic mass is 35.5. The van der Waals surface area contributed by atoms with Crippen LogP contribution in [0.5, 0.6) is 5.75 Å². The lowest BCUT2D eigenvalue weighted by Crippen LogP contribution is -2.44. The van der Waals surface area contributed by atoms with E-state index in [1.165, 1.54) is 0 Å². The second-order valence-electron chi connectivity index (χ2n) is 6.52. The smallest absolute Gasteiger partial charge is 0.260 e. The second-order valence-corrected chi connectivity index (χ2v) is 9.16. The molecule has 1 fully saturated rings. The minimum absolute atomic E-state index is 0.0443. The average molecular weight is 396 g/mol. The fourth-order valence-corrected chi connectivity index (χ4v) is 5.31. The number of amides is 1. The Bertz CT molecular complexity index is 913. The topological polar surface area (TPSA) is 63.7 Å². The number of halogens is 1. The molecule has 1 heterocycles. The maximum Gasteiger partial charge on any atom is 0.260 e. The Labute approximate surface area is 158 Å². The van der Waals surface area contributed by atoms with Crippen molar-refractivity contribution in [3.05, 3.63) is 41.4 Å². The molecular weight excluding hydrogens is 374 g/mol. The summed E-state index contributed by atoms with van der Waals surface area (Å²) < 4.78 is 29.3. The zero-order valence-corrected chi connectivity index (χ0v) is 16.2. The van der Waals surface area contributed by atoms with Gasteiger partial charge < -0.3 is 9.64 Å². The number of fused-ring (bicyclic) bond motifs is 1. The molecule has 1 aliphatic heterocycles. The van der Waals surface area contributed by atoms with Crippen molar-refractivity contribution in [1.82, 2.24) is 4.90 Å². The third-order valence-electron chi connectivity index (χ3n) is 4.62. The largest absolute Gasteiger partial charge is 0.483 e. The van der Waals surface area contributed by atoms with Crippen LogP contribution in [0.15, 0.2) is 36.4 Å². The minimum atomic E-state index is -3.04. The molecule has 3 rings (SSSR count). The van der Waals surface area contributed by atoms with E-state index < -0.39 is 9.84 Å². The molecule has 7 heteroatoms. The molecule has 1 aliphatic rings. The molecule has 5 nitrogen and oxygen atoms in total. The maximum absolute atomic E-state index is 12.7. The van der Waals surface area contributed by atoms with Crippen molar-refractivity contribution in [2.24, 2.45) is 0 Å². The predicted octanol–water partition coefficient (Wildman–Crippen LogP) is 3.30. The van der Waals surface area contributed by atoms with Crippen LogP contribution in [0.4, 0.5) is 0 Å².